The average molecular weight is 198 g/mol. The molecule has 1 unspecified atom stereocenters. The Kier molecular flexibility index (Phi) is 2.98. The van der Waals surface area contributed by atoms with E-state index in [1.807, 2.05) is 0 Å². The maximum absolute atomic E-state index is 11.0. The summed E-state index contributed by atoms with van der Waals surface area (Å²) in [5.74, 6) is -1.95. The highest BCUT2D eigenvalue weighted by Gasteiger charge is 2.25. The summed E-state index contributed by atoms with van der Waals surface area (Å²) in [5.41, 5.74) is 2.50. The van der Waals surface area contributed by atoms with Gasteiger partial charge in [0.05, 0.1) is 6.42 Å². The van der Waals surface area contributed by atoms with Crippen molar-refractivity contribution in [3.05, 3.63) is 12.2 Å². The lowest BCUT2D eigenvalue weighted by Crippen LogP contribution is -2.47. The minimum Gasteiger partial charge on any atom is -0.481 e. The smallest absolute Gasteiger partial charge is 0.304 e. The Morgan fingerprint density at radius 1 is 1.50 bits per heavy atom. The van der Waals surface area contributed by atoms with Gasteiger partial charge < -0.3 is 5.11 Å². The fraction of sp³-hybridized carbons (Fsp3) is 0.375. The number of hydrazine groups is 1. The van der Waals surface area contributed by atoms with Crippen molar-refractivity contribution < 1.29 is 19.5 Å². The molecule has 0 radical (unpaired) electrons. The number of amides is 2. The van der Waals surface area contributed by atoms with Crippen LogP contribution in [0, 0.1) is 0 Å². The van der Waals surface area contributed by atoms with E-state index >= 15 is 0 Å². The summed E-state index contributed by atoms with van der Waals surface area (Å²) in [6.07, 6.45) is 2.10. The topological polar surface area (TPSA) is 86.7 Å². The number of nitrogens with one attached hydrogen (secondary N) is 1. The van der Waals surface area contributed by atoms with Crippen LogP contribution in [0.15, 0.2) is 12.2 Å². The van der Waals surface area contributed by atoms with Crippen LogP contribution in [-0.4, -0.2) is 33.9 Å². The normalized spacial score (nSPS) is 17.6. The van der Waals surface area contributed by atoms with E-state index in [1.54, 1.807) is 6.92 Å². The summed E-state index contributed by atoms with van der Waals surface area (Å²) in [4.78, 5) is 32.3. The number of carbonyl (C=O) groups is 3. The van der Waals surface area contributed by atoms with Gasteiger partial charge >= 0.3 is 5.97 Å². The number of hydrogen-bond donors (Lipinski definition) is 2. The van der Waals surface area contributed by atoms with Gasteiger partial charge in [-0.2, -0.15) is 0 Å². The molecule has 1 heterocycles. The predicted molar refractivity (Wildman–Crippen MR) is 45.8 cm³/mol. The monoisotopic (exact) mass is 198 g/mol. The molecule has 0 fully saturated rings. The first-order valence-electron chi connectivity index (χ1n) is 4.05. The standard InChI is InChI=1S/C8H10N2O4/c1-5(4-8(13)14)9-10-6(11)2-3-7(10)12/h2-3,5,9H,4H2,1H3,(H,13,14). The van der Waals surface area contributed by atoms with Crippen molar-refractivity contribution in [1.82, 2.24) is 10.4 Å². The van der Waals surface area contributed by atoms with Crippen LogP contribution < -0.4 is 5.43 Å². The molecule has 6 nitrogen and oxygen atoms in total. The van der Waals surface area contributed by atoms with E-state index < -0.39 is 23.8 Å². The Balaban J connectivity index is 2.48. The van der Waals surface area contributed by atoms with Crippen molar-refractivity contribution in [2.75, 3.05) is 0 Å². The summed E-state index contributed by atoms with van der Waals surface area (Å²) >= 11 is 0. The Morgan fingerprint density at radius 3 is 2.43 bits per heavy atom. The van der Waals surface area contributed by atoms with Gasteiger partial charge in [0.25, 0.3) is 11.8 Å². The lowest BCUT2D eigenvalue weighted by Gasteiger charge is -2.19. The van der Waals surface area contributed by atoms with Crippen LogP contribution in [-0.2, 0) is 14.4 Å². The van der Waals surface area contributed by atoms with Crippen LogP contribution in [0.25, 0.3) is 0 Å². The minimum absolute atomic E-state index is 0.156. The second kappa shape index (κ2) is 4.01. The molecule has 0 bridgehead atoms. The number of rotatable bonds is 4. The van der Waals surface area contributed by atoms with Crippen molar-refractivity contribution >= 4 is 17.8 Å². The average Bonchev–Trinajstić information content (AvgIpc) is 2.34. The molecule has 1 atom stereocenters. The zero-order valence-corrected chi connectivity index (χ0v) is 7.56. The first-order chi connectivity index (χ1) is 6.50. The van der Waals surface area contributed by atoms with Crippen molar-refractivity contribution in [3.63, 3.8) is 0 Å². The number of carboxylic acids is 1. The van der Waals surface area contributed by atoms with Crippen LogP contribution in [0.1, 0.15) is 13.3 Å². The summed E-state index contributed by atoms with van der Waals surface area (Å²) < 4.78 is 0. The highest BCUT2D eigenvalue weighted by molar-refractivity contribution is 6.12. The molecule has 0 spiro atoms. The summed E-state index contributed by atoms with van der Waals surface area (Å²) in [7, 11) is 0. The van der Waals surface area contributed by atoms with E-state index in [0.29, 0.717) is 0 Å². The SMILES string of the molecule is CC(CC(=O)O)NN1C(=O)C=CC1=O. The van der Waals surface area contributed by atoms with Crippen molar-refractivity contribution in [3.8, 4) is 0 Å². The fourth-order valence-electron chi connectivity index (χ4n) is 1.06. The number of imide groups is 1. The molecule has 0 saturated heterocycles. The molecular formula is C8H10N2O4. The lowest BCUT2D eigenvalue weighted by atomic mass is 10.2. The number of carboxylic acid groups (broad SMARTS) is 1. The zero-order chi connectivity index (χ0) is 10.7. The third-order valence-electron chi connectivity index (χ3n) is 1.64. The molecule has 76 valence electrons. The van der Waals surface area contributed by atoms with Gasteiger partial charge in [0.2, 0.25) is 0 Å². The molecule has 6 heteroatoms. The van der Waals surface area contributed by atoms with Crippen molar-refractivity contribution in [2.24, 2.45) is 0 Å². The molecule has 2 N–H and O–H groups in total. The number of aliphatic carboxylic acids is 1. The molecule has 0 saturated carbocycles. The predicted octanol–water partition coefficient (Wildman–Crippen LogP) is -0.721. The molecule has 0 aromatic carbocycles. The van der Waals surface area contributed by atoms with Crippen LogP contribution >= 0.6 is 0 Å². The minimum atomic E-state index is -0.989. The van der Waals surface area contributed by atoms with E-state index in [9.17, 15) is 14.4 Å². The van der Waals surface area contributed by atoms with E-state index in [1.165, 1.54) is 0 Å². The fourth-order valence-corrected chi connectivity index (χ4v) is 1.06. The van der Waals surface area contributed by atoms with Gasteiger partial charge in [-0.1, -0.05) is 0 Å². The van der Waals surface area contributed by atoms with Crippen LogP contribution in [0.2, 0.25) is 0 Å². The zero-order valence-electron chi connectivity index (χ0n) is 7.56. The Morgan fingerprint density at radius 2 is 2.00 bits per heavy atom. The number of hydrogen-bond acceptors (Lipinski definition) is 4. The van der Waals surface area contributed by atoms with E-state index in [-0.39, 0.29) is 6.42 Å². The van der Waals surface area contributed by atoms with Gasteiger partial charge in [0.1, 0.15) is 0 Å². The molecule has 1 aliphatic heterocycles. The van der Waals surface area contributed by atoms with E-state index in [4.69, 9.17) is 5.11 Å². The summed E-state index contributed by atoms with van der Waals surface area (Å²) in [5, 5.41) is 9.24. The Bertz CT molecular complexity index is 292. The maximum Gasteiger partial charge on any atom is 0.304 e. The van der Waals surface area contributed by atoms with Gasteiger partial charge in [-0.3, -0.25) is 14.4 Å². The molecule has 1 aliphatic rings. The van der Waals surface area contributed by atoms with E-state index in [0.717, 1.165) is 17.2 Å². The van der Waals surface area contributed by atoms with Gasteiger partial charge in [0, 0.05) is 18.2 Å². The molecule has 2 amide bonds. The van der Waals surface area contributed by atoms with Gasteiger partial charge in [-0.15, -0.1) is 0 Å². The first kappa shape index (κ1) is 10.4. The van der Waals surface area contributed by atoms with Crippen molar-refractivity contribution in [2.45, 2.75) is 19.4 Å². The maximum atomic E-state index is 11.0. The van der Waals surface area contributed by atoms with Crippen LogP contribution in [0.4, 0.5) is 0 Å². The summed E-state index contributed by atoms with van der Waals surface area (Å²) in [6.45, 7) is 1.58. The third-order valence-corrected chi connectivity index (χ3v) is 1.64. The molecule has 0 aliphatic carbocycles. The lowest BCUT2D eigenvalue weighted by molar-refractivity contribution is -0.144. The van der Waals surface area contributed by atoms with Crippen LogP contribution in [0.3, 0.4) is 0 Å². The highest BCUT2D eigenvalue weighted by atomic mass is 16.4. The van der Waals surface area contributed by atoms with Gasteiger partial charge in [0.15, 0.2) is 0 Å². The summed E-state index contributed by atoms with van der Waals surface area (Å²) in [6, 6.07) is -0.472. The Labute approximate surface area is 80.2 Å². The quantitative estimate of drug-likeness (QED) is 0.582. The second-order valence-corrected chi connectivity index (χ2v) is 2.97. The van der Waals surface area contributed by atoms with Crippen molar-refractivity contribution in [1.29, 1.82) is 0 Å². The first-order valence-corrected chi connectivity index (χ1v) is 4.05. The largest absolute Gasteiger partial charge is 0.481 e. The second-order valence-electron chi connectivity index (χ2n) is 2.97. The highest BCUT2D eigenvalue weighted by Crippen LogP contribution is 2.02. The Hall–Kier alpha value is -1.69. The van der Waals surface area contributed by atoms with Gasteiger partial charge in [-0.25, -0.2) is 10.4 Å². The molecule has 0 aromatic heterocycles. The van der Waals surface area contributed by atoms with E-state index in [2.05, 4.69) is 5.43 Å². The van der Waals surface area contributed by atoms with Crippen LogP contribution in [0.5, 0.6) is 0 Å². The molecule has 14 heavy (non-hydrogen) atoms. The van der Waals surface area contributed by atoms with Gasteiger partial charge in [-0.05, 0) is 6.92 Å². The third kappa shape index (κ3) is 2.40. The number of nitrogens with zero attached hydrogens (tertiary/aromatic N) is 1. The number of carbonyl (C=O) groups excluding carboxylic acids is 2. The molecule has 0 aromatic rings. The molecular weight excluding hydrogens is 188 g/mol. The molecule has 1 rings (SSSR count).